The van der Waals surface area contributed by atoms with Crippen LogP contribution in [0.2, 0.25) is 0 Å². The van der Waals surface area contributed by atoms with Crippen LogP contribution in [-0.4, -0.2) is 11.5 Å². The Bertz CT molecular complexity index is 654. The molecule has 2 heteroatoms. The summed E-state index contributed by atoms with van der Waals surface area (Å²) in [6.07, 6.45) is 9.64. The largest absolute Gasteiger partial charge is 0.305 e. The number of pyridine rings is 1. The first-order valence-electron chi connectivity index (χ1n) is 7.70. The minimum Gasteiger partial charge on any atom is -0.305 e. The molecule has 1 aliphatic carbocycles. The number of hydrogen-bond donors (Lipinski definition) is 1. The molecule has 1 fully saturated rings. The molecule has 2 nitrogen and oxygen atoms in total. The molecule has 1 aliphatic heterocycles. The van der Waals surface area contributed by atoms with Gasteiger partial charge in [-0.3, -0.25) is 4.98 Å². The molecule has 0 spiro atoms. The Labute approximate surface area is 119 Å². The summed E-state index contributed by atoms with van der Waals surface area (Å²) in [5.41, 5.74) is 2.80. The van der Waals surface area contributed by atoms with E-state index in [0.29, 0.717) is 6.04 Å². The topological polar surface area (TPSA) is 24.9 Å². The van der Waals surface area contributed by atoms with Crippen LogP contribution in [0.1, 0.15) is 37.4 Å². The van der Waals surface area contributed by atoms with Crippen molar-refractivity contribution in [3.63, 3.8) is 0 Å². The zero-order valence-electron chi connectivity index (χ0n) is 11.7. The van der Waals surface area contributed by atoms with Crippen LogP contribution >= 0.6 is 0 Å². The van der Waals surface area contributed by atoms with Gasteiger partial charge in [-0.1, -0.05) is 30.3 Å². The molecule has 0 saturated carbocycles. The molecule has 1 N–H and O–H groups in total. The minimum absolute atomic E-state index is 0.320. The summed E-state index contributed by atoms with van der Waals surface area (Å²) in [6.45, 7) is 1.11. The van der Waals surface area contributed by atoms with Gasteiger partial charge in [0.05, 0.1) is 11.7 Å². The van der Waals surface area contributed by atoms with E-state index in [4.69, 9.17) is 4.98 Å². The van der Waals surface area contributed by atoms with Gasteiger partial charge in [-0.2, -0.15) is 0 Å². The highest BCUT2D eigenvalue weighted by Crippen LogP contribution is 2.39. The molecule has 1 aromatic carbocycles. The summed E-state index contributed by atoms with van der Waals surface area (Å²) in [4.78, 5) is 4.72. The third-order valence-corrected chi connectivity index (χ3v) is 4.76. The highest BCUT2D eigenvalue weighted by Gasteiger charge is 2.30. The normalized spacial score (nSPS) is 26.1. The molecule has 1 aromatic heterocycles. The highest BCUT2D eigenvalue weighted by atomic mass is 15.0. The standard InChI is InChI=1S/C18H20N2/c1-3-7-15-13(5-1)9-11-19-17(15)18-16-8-4-2-6-14(16)10-12-20-18/h1,3,5,7-9,11,14,18,20H,2,4,6,10,12H2. The summed E-state index contributed by atoms with van der Waals surface area (Å²) in [7, 11) is 0. The number of allylic oxidation sites excluding steroid dienone is 1. The molecule has 20 heavy (non-hydrogen) atoms. The van der Waals surface area contributed by atoms with Crippen molar-refractivity contribution in [2.75, 3.05) is 6.54 Å². The number of rotatable bonds is 1. The molecule has 1 saturated heterocycles. The quantitative estimate of drug-likeness (QED) is 0.788. The maximum absolute atomic E-state index is 4.72. The number of hydrogen-bond acceptors (Lipinski definition) is 2. The van der Waals surface area contributed by atoms with Crippen LogP contribution in [0.25, 0.3) is 10.8 Å². The van der Waals surface area contributed by atoms with E-state index >= 15 is 0 Å². The second-order valence-electron chi connectivity index (χ2n) is 5.93. The Morgan fingerprint density at radius 1 is 1.10 bits per heavy atom. The number of nitrogens with zero attached hydrogens (tertiary/aromatic N) is 1. The fraction of sp³-hybridized carbons (Fsp3) is 0.389. The van der Waals surface area contributed by atoms with Crippen LogP contribution in [0.3, 0.4) is 0 Å². The summed E-state index contributed by atoms with van der Waals surface area (Å²) < 4.78 is 0. The van der Waals surface area contributed by atoms with Crippen molar-refractivity contribution in [1.29, 1.82) is 0 Å². The van der Waals surface area contributed by atoms with Crippen molar-refractivity contribution in [2.45, 2.75) is 31.7 Å². The predicted molar refractivity (Wildman–Crippen MR) is 82.5 cm³/mol. The maximum Gasteiger partial charge on any atom is 0.0719 e. The lowest BCUT2D eigenvalue weighted by molar-refractivity contribution is 0.362. The molecule has 0 amide bonds. The van der Waals surface area contributed by atoms with Gasteiger partial charge in [0.25, 0.3) is 0 Å². The summed E-state index contributed by atoms with van der Waals surface area (Å²) in [6, 6.07) is 11.0. The zero-order valence-corrected chi connectivity index (χ0v) is 11.7. The van der Waals surface area contributed by atoms with Crippen molar-refractivity contribution in [3.8, 4) is 0 Å². The summed E-state index contributed by atoms with van der Waals surface area (Å²) in [5.74, 6) is 0.774. The Morgan fingerprint density at radius 3 is 3.05 bits per heavy atom. The van der Waals surface area contributed by atoms with Crippen LogP contribution in [-0.2, 0) is 0 Å². The number of benzene rings is 1. The third-order valence-electron chi connectivity index (χ3n) is 4.76. The average Bonchev–Trinajstić information content (AvgIpc) is 2.54. The molecule has 2 aromatic rings. The van der Waals surface area contributed by atoms with Crippen molar-refractivity contribution >= 4 is 10.8 Å². The predicted octanol–water partition coefficient (Wildman–Crippen LogP) is 4.00. The number of piperidine rings is 1. The number of nitrogens with one attached hydrogen (secondary N) is 1. The Balaban J connectivity index is 1.83. The molecule has 2 heterocycles. The van der Waals surface area contributed by atoms with Gasteiger partial charge in [0, 0.05) is 11.6 Å². The van der Waals surface area contributed by atoms with E-state index in [1.807, 2.05) is 6.20 Å². The number of aromatic nitrogens is 1. The van der Waals surface area contributed by atoms with E-state index in [2.05, 4.69) is 41.7 Å². The summed E-state index contributed by atoms with van der Waals surface area (Å²) >= 11 is 0. The van der Waals surface area contributed by atoms with Crippen LogP contribution in [0.5, 0.6) is 0 Å². The van der Waals surface area contributed by atoms with Gasteiger partial charge in [0.15, 0.2) is 0 Å². The highest BCUT2D eigenvalue weighted by molar-refractivity contribution is 5.85. The molecular weight excluding hydrogens is 244 g/mol. The lowest BCUT2D eigenvalue weighted by Gasteiger charge is -2.36. The van der Waals surface area contributed by atoms with E-state index in [-0.39, 0.29) is 0 Å². The average molecular weight is 264 g/mol. The van der Waals surface area contributed by atoms with Crippen molar-refractivity contribution in [1.82, 2.24) is 10.3 Å². The van der Waals surface area contributed by atoms with E-state index < -0.39 is 0 Å². The molecule has 0 bridgehead atoms. The van der Waals surface area contributed by atoms with E-state index in [9.17, 15) is 0 Å². The van der Waals surface area contributed by atoms with Crippen molar-refractivity contribution in [3.05, 3.63) is 53.9 Å². The Morgan fingerprint density at radius 2 is 2.05 bits per heavy atom. The SMILES string of the molecule is C1=C2C(CCC1)CCNC2c1nccc2ccccc12. The molecule has 4 rings (SSSR count). The van der Waals surface area contributed by atoms with E-state index in [1.165, 1.54) is 42.1 Å². The van der Waals surface area contributed by atoms with Gasteiger partial charge in [-0.15, -0.1) is 0 Å². The van der Waals surface area contributed by atoms with Crippen molar-refractivity contribution in [2.24, 2.45) is 5.92 Å². The lowest BCUT2D eigenvalue weighted by Crippen LogP contribution is -2.35. The molecule has 2 aliphatic rings. The van der Waals surface area contributed by atoms with E-state index in [0.717, 1.165) is 12.5 Å². The molecule has 2 atom stereocenters. The fourth-order valence-electron chi connectivity index (χ4n) is 3.78. The van der Waals surface area contributed by atoms with Crippen LogP contribution in [0.4, 0.5) is 0 Å². The van der Waals surface area contributed by atoms with Gasteiger partial charge >= 0.3 is 0 Å². The monoisotopic (exact) mass is 264 g/mol. The molecular formula is C18H20N2. The van der Waals surface area contributed by atoms with Gasteiger partial charge < -0.3 is 5.32 Å². The minimum atomic E-state index is 0.320. The van der Waals surface area contributed by atoms with Crippen LogP contribution in [0.15, 0.2) is 48.2 Å². The molecule has 0 radical (unpaired) electrons. The van der Waals surface area contributed by atoms with E-state index in [1.54, 1.807) is 5.57 Å². The second-order valence-corrected chi connectivity index (χ2v) is 5.93. The van der Waals surface area contributed by atoms with Gasteiger partial charge in [-0.25, -0.2) is 0 Å². The zero-order chi connectivity index (χ0) is 13.4. The second kappa shape index (κ2) is 5.02. The Kier molecular flexibility index (Phi) is 3.04. The van der Waals surface area contributed by atoms with Crippen molar-refractivity contribution < 1.29 is 0 Å². The third kappa shape index (κ3) is 1.95. The first kappa shape index (κ1) is 12.1. The molecule has 102 valence electrons. The lowest BCUT2D eigenvalue weighted by atomic mass is 9.77. The number of fused-ring (bicyclic) bond motifs is 2. The first-order valence-corrected chi connectivity index (χ1v) is 7.70. The van der Waals surface area contributed by atoms with Gasteiger partial charge in [0.1, 0.15) is 0 Å². The molecule has 2 unspecified atom stereocenters. The Hall–Kier alpha value is -1.67. The smallest absolute Gasteiger partial charge is 0.0719 e. The van der Waals surface area contributed by atoms with Crippen LogP contribution in [0, 0.1) is 5.92 Å². The first-order chi connectivity index (χ1) is 9.93. The summed E-state index contributed by atoms with van der Waals surface area (Å²) in [5, 5.41) is 6.28. The van der Waals surface area contributed by atoms with Crippen LogP contribution < -0.4 is 5.32 Å². The van der Waals surface area contributed by atoms with Gasteiger partial charge in [-0.05, 0) is 55.2 Å². The maximum atomic E-state index is 4.72. The van der Waals surface area contributed by atoms with Gasteiger partial charge in [0.2, 0.25) is 0 Å². The fourth-order valence-corrected chi connectivity index (χ4v) is 3.78.